The molecule has 2 aromatic carbocycles. The Hall–Kier alpha value is -2.58. The Morgan fingerprint density at radius 2 is 2.00 bits per heavy atom. The number of nitrogens with zero attached hydrogens (tertiary/aromatic N) is 1. The zero-order valence-corrected chi connectivity index (χ0v) is 16.9. The highest BCUT2D eigenvalue weighted by molar-refractivity contribution is 7.94. The molecule has 0 aliphatic carbocycles. The standard InChI is InChI=1S/C19H19ClN2O5S/c1-12-11-28(25,26)22(19(12)24)16-9-13(7-8-15(16)20)18(23)21-10-14-5-3-4-6-17(14)27-2/h3-9,12H,10-11H2,1-2H3,(H,21,23). The molecule has 0 aromatic heterocycles. The fraction of sp³-hybridized carbons (Fsp3) is 0.263. The Balaban J connectivity index is 1.85. The van der Waals surface area contributed by atoms with E-state index in [-0.39, 0.29) is 28.6 Å². The quantitative estimate of drug-likeness (QED) is 0.799. The van der Waals surface area contributed by atoms with Gasteiger partial charge in [-0.2, -0.15) is 0 Å². The highest BCUT2D eigenvalue weighted by Gasteiger charge is 2.43. The summed E-state index contributed by atoms with van der Waals surface area (Å²) in [6, 6.07) is 11.4. The third kappa shape index (κ3) is 3.83. The normalized spacial score (nSPS) is 18.2. The Morgan fingerprint density at radius 3 is 2.64 bits per heavy atom. The number of para-hydroxylation sites is 1. The molecule has 2 amide bonds. The van der Waals surface area contributed by atoms with Crippen LogP contribution in [0.4, 0.5) is 5.69 Å². The van der Waals surface area contributed by atoms with E-state index in [1.54, 1.807) is 13.2 Å². The molecule has 9 heteroatoms. The van der Waals surface area contributed by atoms with E-state index in [9.17, 15) is 18.0 Å². The summed E-state index contributed by atoms with van der Waals surface area (Å²) in [6.07, 6.45) is 0. The fourth-order valence-electron chi connectivity index (χ4n) is 3.00. The molecular weight excluding hydrogens is 404 g/mol. The number of carbonyl (C=O) groups is 2. The zero-order valence-electron chi connectivity index (χ0n) is 15.3. The van der Waals surface area contributed by atoms with Crippen LogP contribution in [-0.2, 0) is 21.4 Å². The summed E-state index contributed by atoms with van der Waals surface area (Å²) < 4.78 is 30.6. The largest absolute Gasteiger partial charge is 0.496 e. The van der Waals surface area contributed by atoms with E-state index in [0.717, 1.165) is 5.56 Å². The molecule has 1 unspecified atom stereocenters. The van der Waals surface area contributed by atoms with E-state index in [2.05, 4.69) is 5.32 Å². The molecule has 1 heterocycles. The van der Waals surface area contributed by atoms with Crippen molar-refractivity contribution in [3.8, 4) is 5.75 Å². The van der Waals surface area contributed by atoms with Gasteiger partial charge in [0.05, 0.1) is 29.5 Å². The number of sulfonamides is 1. The molecule has 1 saturated heterocycles. The van der Waals surface area contributed by atoms with E-state index in [0.29, 0.717) is 10.1 Å². The maximum absolute atomic E-state index is 12.6. The molecule has 0 radical (unpaired) electrons. The van der Waals surface area contributed by atoms with Gasteiger partial charge in [0.15, 0.2) is 0 Å². The lowest BCUT2D eigenvalue weighted by Crippen LogP contribution is -2.31. The van der Waals surface area contributed by atoms with Crippen LogP contribution in [0.2, 0.25) is 5.02 Å². The van der Waals surface area contributed by atoms with Crippen molar-refractivity contribution in [1.29, 1.82) is 0 Å². The second-order valence-corrected chi connectivity index (χ2v) is 8.71. The SMILES string of the molecule is COc1ccccc1CNC(=O)c1ccc(Cl)c(N2C(=O)C(C)CS2(=O)=O)c1. The molecule has 0 bridgehead atoms. The number of ether oxygens (including phenoxy) is 1. The van der Waals surface area contributed by atoms with Gasteiger partial charge >= 0.3 is 0 Å². The summed E-state index contributed by atoms with van der Waals surface area (Å²) in [5, 5.41) is 2.83. The van der Waals surface area contributed by atoms with Crippen molar-refractivity contribution < 1.29 is 22.7 Å². The van der Waals surface area contributed by atoms with Crippen molar-refractivity contribution in [1.82, 2.24) is 5.32 Å². The molecule has 28 heavy (non-hydrogen) atoms. The van der Waals surface area contributed by atoms with E-state index >= 15 is 0 Å². The van der Waals surface area contributed by atoms with Gasteiger partial charge in [0, 0.05) is 17.7 Å². The lowest BCUT2D eigenvalue weighted by Gasteiger charge is -2.18. The number of amides is 2. The Morgan fingerprint density at radius 1 is 1.29 bits per heavy atom. The van der Waals surface area contributed by atoms with Crippen LogP contribution in [0.3, 0.4) is 0 Å². The van der Waals surface area contributed by atoms with Gasteiger partial charge in [-0.1, -0.05) is 36.7 Å². The molecule has 1 N–H and O–H groups in total. The Bertz CT molecular complexity index is 1040. The molecule has 148 valence electrons. The van der Waals surface area contributed by atoms with Crippen molar-refractivity contribution >= 4 is 39.1 Å². The van der Waals surface area contributed by atoms with Crippen molar-refractivity contribution in [2.75, 3.05) is 17.2 Å². The minimum atomic E-state index is -3.82. The topological polar surface area (TPSA) is 92.8 Å². The first-order valence-electron chi connectivity index (χ1n) is 8.51. The lowest BCUT2D eigenvalue weighted by molar-refractivity contribution is -0.119. The van der Waals surface area contributed by atoms with Gasteiger partial charge < -0.3 is 10.1 Å². The summed E-state index contributed by atoms with van der Waals surface area (Å²) in [5.41, 5.74) is 0.969. The van der Waals surface area contributed by atoms with Gasteiger partial charge in [-0.15, -0.1) is 0 Å². The van der Waals surface area contributed by atoms with Gasteiger partial charge in [0.25, 0.3) is 5.91 Å². The number of carbonyl (C=O) groups excluding carboxylic acids is 2. The number of rotatable bonds is 5. The van der Waals surface area contributed by atoms with Crippen LogP contribution in [0.15, 0.2) is 42.5 Å². The molecule has 1 aliphatic heterocycles. The van der Waals surface area contributed by atoms with Gasteiger partial charge in [-0.05, 0) is 24.3 Å². The van der Waals surface area contributed by atoms with Crippen LogP contribution in [0.5, 0.6) is 5.75 Å². The molecule has 0 saturated carbocycles. The van der Waals surface area contributed by atoms with E-state index in [1.807, 2.05) is 18.2 Å². The maximum Gasteiger partial charge on any atom is 0.251 e. The average Bonchev–Trinajstić information content (AvgIpc) is 2.87. The number of hydrogen-bond donors (Lipinski definition) is 1. The predicted octanol–water partition coefficient (Wildman–Crippen LogP) is 2.59. The summed E-state index contributed by atoms with van der Waals surface area (Å²) in [4.78, 5) is 24.9. The second-order valence-electron chi connectivity index (χ2n) is 6.44. The molecule has 1 atom stereocenters. The van der Waals surface area contributed by atoms with Gasteiger partial charge in [0.2, 0.25) is 15.9 Å². The molecule has 7 nitrogen and oxygen atoms in total. The first-order chi connectivity index (χ1) is 13.2. The third-order valence-corrected chi connectivity index (χ3v) is 6.59. The lowest BCUT2D eigenvalue weighted by atomic mass is 10.1. The van der Waals surface area contributed by atoms with Crippen molar-refractivity contribution in [2.45, 2.75) is 13.5 Å². The minimum Gasteiger partial charge on any atom is -0.496 e. The van der Waals surface area contributed by atoms with Crippen LogP contribution < -0.4 is 14.4 Å². The number of halogens is 1. The van der Waals surface area contributed by atoms with Gasteiger partial charge in [-0.3, -0.25) is 9.59 Å². The Labute approximate surface area is 168 Å². The number of benzene rings is 2. The van der Waals surface area contributed by atoms with E-state index in [4.69, 9.17) is 16.3 Å². The maximum atomic E-state index is 12.6. The van der Waals surface area contributed by atoms with Crippen LogP contribution in [0.1, 0.15) is 22.8 Å². The first-order valence-corrected chi connectivity index (χ1v) is 10.5. The molecule has 1 aliphatic rings. The van der Waals surface area contributed by atoms with Crippen LogP contribution in [-0.4, -0.2) is 33.1 Å². The average molecular weight is 423 g/mol. The number of anilines is 1. The molecule has 2 aromatic rings. The minimum absolute atomic E-state index is 0.0130. The molecule has 1 fully saturated rings. The fourth-order valence-corrected chi connectivity index (χ4v) is 5.08. The van der Waals surface area contributed by atoms with Crippen molar-refractivity contribution in [3.63, 3.8) is 0 Å². The Kier molecular flexibility index (Phi) is 5.62. The van der Waals surface area contributed by atoms with Crippen molar-refractivity contribution in [2.24, 2.45) is 5.92 Å². The van der Waals surface area contributed by atoms with Gasteiger partial charge in [0.1, 0.15) is 5.75 Å². The summed E-state index contributed by atoms with van der Waals surface area (Å²) in [6.45, 7) is 1.76. The predicted molar refractivity (Wildman–Crippen MR) is 106 cm³/mol. The molecule has 3 rings (SSSR count). The highest BCUT2D eigenvalue weighted by atomic mass is 35.5. The van der Waals surface area contributed by atoms with Crippen LogP contribution in [0, 0.1) is 5.92 Å². The van der Waals surface area contributed by atoms with Crippen LogP contribution >= 0.6 is 11.6 Å². The number of methoxy groups -OCH3 is 1. The van der Waals surface area contributed by atoms with Crippen LogP contribution in [0.25, 0.3) is 0 Å². The smallest absolute Gasteiger partial charge is 0.251 e. The molecular formula is C19H19ClN2O5S. The monoisotopic (exact) mass is 422 g/mol. The third-order valence-electron chi connectivity index (χ3n) is 4.42. The van der Waals surface area contributed by atoms with Crippen molar-refractivity contribution in [3.05, 3.63) is 58.6 Å². The summed E-state index contributed by atoms with van der Waals surface area (Å²) in [7, 11) is -2.27. The number of nitrogens with one attached hydrogen (secondary N) is 1. The summed E-state index contributed by atoms with van der Waals surface area (Å²) >= 11 is 6.13. The second kappa shape index (κ2) is 7.81. The molecule has 0 spiro atoms. The van der Waals surface area contributed by atoms with Gasteiger partial charge in [-0.25, -0.2) is 12.7 Å². The number of hydrogen-bond acceptors (Lipinski definition) is 5. The first kappa shape index (κ1) is 20.2. The van der Waals surface area contributed by atoms with E-state index < -0.39 is 27.8 Å². The zero-order chi connectivity index (χ0) is 20.5. The van der Waals surface area contributed by atoms with E-state index in [1.165, 1.54) is 25.1 Å². The summed E-state index contributed by atoms with van der Waals surface area (Å²) in [5.74, 6) is -1.30. The highest BCUT2D eigenvalue weighted by Crippen LogP contribution is 2.34.